The molecule has 2 unspecified atom stereocenters. The van der Waals surface area contributed by atoms with Crippen molar-refractivity contribution in [3.8, 4) is 0 Å². The maximum absolute atomic E-state index is 12.3. The van der Waals surface area contributed by atoms with E-state index in [4.69, 9.17) is 0 Å². The number of hydrogen-bond acceptors (Lipinski definition) is 1. The molecule has 74 valence electrons. The second kappa shape index (κ2) is 4.75. The molecule has 0 aromatic heterocycles. The minimum Gasteiger partial charge on any atom is -0.384 e. The molecule has 0 aromatic carbocycles. The Balaban J connectivity index is 4.14. The highest BCUT2D eigenvalue weighted by Crippen LogP contribution is 2.28. The van der Waals surface area contributed by atoms with Crippen molar-refractivity contribution in [1.29, 1.82) is 0 Å². The summed E-state index contributed by atoms with van der Waals surface area (Å²) >= 11 is 0. The number of alkyl halides is 2. The van der Waals surface area contributed by atoms with Crippen molar-refractivity contribution in [1.82, 2.24) is 0 Å². The molecule has 0 spiro atoms. The highest BCUT2D eigenvalue weighted by Gasteiger charge is 2.36. The first-order valence-electron chi connectivity index (χ1n) is 4.46. The number of aliphatic hydroxyl groups is 1. The van der Waals surface area contributed by atoms with Crippen molar-refractivity contribution in [3.63, 3.8) is 0 Å². The third kappa shape index (κ3) is 3.05. The quantitative estimate of drug-likeness (QED) is 0.689. The average Bonchev–Trinajstić information content (AvgIpc) is 2.03. The fourth-order valence-electron chi connectivity index (χ4n) is 1.14. The SMILES string of the molecule is CCC(C)CC(O)(CC)C(F)F. The molecule has 0 radical (unpaired) electrons. The molecule has 12 heavy (non-hydrogen) atoms. The number of halogens is 2. The van der Waals surface area contributed by atoms with Gasteiger partial charge in [0.05, 0.1) is 0 Å². The van der Waals surface area contributed by atoms with Crippen LogP contribution in [0.5, 0.6) is 0 Å². The Morgan fingerprint density at radius 2 is 1.83 bits per heavy atom. The van der Waals surface area contributed by atoms with Gasteiger partial charge in [-0.15, -0.1) is 0 Å². The van der Waals surface area contributed by atoms with Gasteiger partial charge in [0.1, 0.15) is 5.60 Å². The van der Waals surface area contributed by atoms with Crippen LogP contribution in [0, 0.1) is 5.92 Å². The number of hydrogen-bond donors (Lipinski definition) is 1. The molecule has 0 aliphatic rings. The van der Waals surface area contributed by atoms with E-state index in [2.05, 4.69) is 0 Å². The van der Waals surface area contributed by atoms with Crippen molar-refractivity contribution in [2.45, 2.75) is 52.1 Å². The molecular formula is C9H18F2O. The largest absolute Gasteiger partial charge is 0.384 e. The molecule has 0 fully saturated rings. The first-order valence-corrected chi connectivity index (χ1v) is 4.46. The molecule has 0 aromatic rings. The maximum atomic E-state index is 12.3. The van der Waals surface area contributed by atoms with E-state index < -0.39 is 12.0 Å². The van der Waals surface area contributed by atoms with Gasteiger partial charge in [0, 0.05) is 0 Å². The van der Waals surface area contributed by atoms with E-state index in [1.54, 1.807) is 6.92 Å². The summed E-state index contributed by atoms with van der Waals surface area (Å²) in [5.41, 5.74) is -1.77. The zero-order valence-electron chi connectivity index (χ0n) is 7.98. The lowest BCUT2D eigenvalue weighted by atomic mass is 9.88. The molecule has 0 saturated carbocycles. The van der Waals surface area contributed by atoms with E-state index in [1.807, 2.05) is 13.8 Å². The van der Waals surface area contributed by atoms with Crippen LogP contribution in [0.1, 0.15) is 40.0 Å². The van der Waals surface area contributed by atoms with E-state index in [0.717, 1.165) is 6.42 Å². The summed E-state index contributed by atoms with van der Waals surface area (Å²) in [6, 6.07) is 0. The molecule has 2 atom stereocenters. The van der Waals surface area contributed by atoms with Crippen LogP contribution >= 0.6 is 0 Å². The van der Waals surface area contributed by atoms with E-state index in [9.17, 15) is 13.9 Å². The van der Waals surface area contributed by atoms with Gasteiger partial charge in [0.15, 0.2) is 0 Å². The second-order valence-corrected chi connectivity index (χ2v) is 3.48. The minimum atomic E-state index is -2.63. The summed E-state index contributed by atoms with van der Waals surface area (Å²) in [6.07, 6.45) is -1.49. The number of rotatable bonds is 5. The Hall–Kier alpha value is -0.180. The van der Waals surface area contributed by atoms with E-state index in [0.29, 0.717) is 0 Å². The van der Waals surface area contributed by atoms with Gasteiger partial charge in [-0.25, -0.2) is 8.78 Å². The van der Waals surface area contributed by atoms with Crippen LogP contribution in [-0.2, 0) is 0 Å². The van der Waals surface area contributed by atoms with Gasteiger partial charge >= 0.3 is 0 Å². The fourth-order valence-corrected chi connectivity index (χ4v) is 1.14. The molecule has 0 heterocycles. The molecule has 0 aliphatic carbocycles. The molecule has 0 saturated heterocycles. The lowest BCUT2D eigenvalue weighted by Gasteiger charge is -2.28. The van der Waals surface area contributed by atoms with E-state index >= 15 is 0 Å². The molecule has 0 aliphatic heterocycles. The standard InChI is InChI=1S/C9H18F2O/c1-4-7(3)6-9(12,5-2)8(10)11/h7-8,12H,4-6H2,1-3H3. The van der Waals surface area contributed by atoms with E-state index in [-0.39, 0.29) is 18.8 Å². The Morgan fingerprint density at radius 3 is 2.08 bits per heavy atom. The fraction of sp³-hybridized carbons (Fsp3) is 1.00. The van der Waals surface area contributed by atoms with Gasteiger partial charge < -0.3 is 5.11 Å². The van der Waals surface area contributed by atoms with Crippen molar-refractivity contribution in [3.05, 3.63) is 0 Å². The smallest absolute Gasteiger partial charge is 0.266 e. The van der Waals surface area contributed by atoms with Crippen LogP contribution < -0.4 is 0 Å². The summed E-state index contributed by atoms with van der Waals surface area (Å²) in [5, 5.41) is 9.45. The summed E-state index contributed by atoms with van der Waals surface area (Å²) in [7, 11) is 0. The van der Waals surface area contributed by atoms with E-state index in [1.165, 1.54) is 0 Å². The molecule has 0 amide bonds. The highest BCUT2D eigenvalue weighted by molar-refractivity contribution is 4.81. The Morgan fingerprint density at radius 1 is 1.33 bits per heavy atom. The van der Waals surface area contributed by atoms with Crippen LogP contribution in [0.25, 0.3) is 0 Å². The van der Waals surface area contributed by atoms with Crippen LogP contribution in [0.15, 0.2) is 0 Å². The molecule has 1 nitrogen and oxygen atoms in total. The Labute approximate surface area is 72.8 Å². The first-order chi connectivity index (χ1) is 5.46. The van der Waals surface area contributed by atoms with Crippen molar-refractivity contribution in [2.75, 3.05) is 0 Å². The molecule has 3 heteroatoms. The highest BCUT2D eigenvalue weighted by atomic mass is 19.3. The molecule has 1 N–H and O–H groups in total. The Kier molecular flexibility index (Phi) is 4.68. The lowest BCUT2D eigenvalue weighted by molar-refractivity contribution is -0.110. The van der Waals surface area contributed by atoms with Gasteiger partial charge in [-0.1, -0.05) is 27.2 Å². The van der Waals surface area contributed by atoms with Crippen molar-refractivity contribution < 1.29 is 13.9 Å². The maximum Gasteiger partial charge on any atom is 0.266 e. The van der Waals surface area contributed by atoms with Crippen LogP contribution in [-0.4, -0.2) is 17.1 Å². The molecule has 0 rings (SSSR count). The zero-order valence-corrected chi connectivity index (χ0v) is 7.98. The lowest BCUT2D eigenvalue weighted by Crippen LogP contribution is -2.38. The summed E-state index contributed by atoms with van der Waals surface area (Å²) < 4.78 is 24.7. The minimum absolute atomic E-state index is 0.120. The summed E-state index contributed by atoms with van der Waals surface area (Å²) in [4.78, 5) is 0. The zero-order chi connectivity index (χ0) is 9.78. The third-order valence-corrected chi connectivity index (χ3v) is 2.42. The third-order valence-electron chi connectivity index (χ3n) is 2.42. The Bertz CT molecular complexity index is 128. The molecular weight excluding hydrogens is 162 g/mol. The van der Waals surface area contributed by atoms with Crippen molar-refractivity contribution in [2.24, 2.45) is 5.92 Å². The summed E-state index contributed by atoms with van der Waals surface area (Å²) in [6.45, 7) is 5.41. The van der Waals surface area contributed by atoms with Crippen LogP contribution in [0.4, 0.5) is 8.78 Å². The summed E-state index contributed by atoms with van der Waals surface area (Å²) in [5.74, 6) is 0.156. The normalized spacial score (nSPS) is 19.2. The molecule has 0 bridgehead atoms. The first kappa shape index (κ1) is 11.8. The van der Waals surface area contributed by atoms with Gasteiger partial charge in [0.2, 0.25) is 0 Å². The topological polar surface area (TPSA) is 20.2 Å². The predicted molar refractivity (Wildman–Crippen MR) is 45.3 cm³/mol. The second-order valence-electron chi connectivity index (χ2n) is 3.48. The predicted octanol–water partition coefficient (Wildman–Crippen LogP) is 2.83. The van der Waals surface area contributed by atoms with Gasteiger partial charge in [-0.05, 0) is 18.8 Å². The van der Waals surface area contributed by atoms with Crippen molar-refractivity contribution >= 4 is 0 Å². The van der Waals surface area contributed by atoms with Crippen LogP contribution in [0.3, 0.4) is 0 Å². The van der Waals surface area contributed by atoms with Gasteiger partial charge in [0.25, 0.3) is 6.43 Å². The van der Waals surface area contributed by atoms with Gasteiger partial charge in [-0.3, -0.25) is 0 Å². The average molecular weight is 180 g/mol. The monoisotopic (exact) mass is 180 g/mol. The van der Waals surface area contributed by atoms with Gasteiger partial charge in [-0.2, -0.15) is 0 Å². The van der Waals surface area contributed by atoms with Crippen LogP contribution in [0.2, 0.25) is 0 Å².